The molecule has 1 aromatic heterocycles. The minimum absolute atomic E-state index is 0.310. The van der Waals surface area contributed by atoms with Gasteiger partial charge in [0.15, 0.2) is 0 Å². The Hall–Kier alpha value is -1.58. The molecule has 0 spiro atoms. The molecule has 2 aliphatic rings. The molecule has 4 nitrogen and oxygen atoms in total. The summed E-state index contributed by atoms with van der Waals surface area (Å²) in [6, 6.07) is 3.78. The molecule has 1 aromatic rings. The van der Waals surface area contributed by atoms with Gasteiger partial charge in [0.05, 0.1) is 18.4 Å². The van der Waals surface area contributed by atoms with E-state index >= 15 is 0 Å². The zero-order valence-corrected chi connectivity index (χ0v) is 11.6. The van der Waals surface area contributed by atoms with Gasteiger partial charge in [-0.25, -0.2) is 9.78 Å². The predicted octanol–water partition coefficient (Wildman–Crippen LogP) is 2.41. The van der Waals surface area contributed by atoms with Crippen LogP contribution in [0.3, 0.4) is 0 Å². The lowest BCUT2D eigenvalue weighted by molar-refractivity contribution is 0.0599. The smallest absolute Gasteiger partial charge is 0.339 e. The fourth-order valence-electron chi connectivity index (χ4n) is 3.47. The van der Waals surface area contributed by atoms with Crippen LogP contribution in [0.25, 0.3) is 0 Å². The summed E-state index contributed by atoms with van der Waals surface area (Å²) in [7, 11) is 1.40. The first-order chi connectivity index (χ1) is 9.19. The number of carbonyl (C=O) groups excluding carboxylic acids is 1. The van der Waals surface area contributed by atoms with Gasteiger partial charge in [0, 0.05) is 13.1 Å². The lowest BCUT2D eigenvalue weighted by Gasteiger charge is -2.19. The molecule has 0 N–H and O–H groups in total. The lowest BCUT2D eigenvalue weighted by atomic mass is 10.0. The highest BCUT2D eigenvalue weighted by Crippen LogP contribution is 2.39. The van der Waals surface area contributed by atoms with Crippen molar-refractivity contribution in [1.82, 2.24) is 4.98 Å². The molecule has 2 heterocycles. The number of nitrogens with zero attached hydrogens (tertiary/aromatic N) is 2. The van der Waals surface area contributed by atoms with Crippen molar-refractivity contribution in [1.29, 1.82) is 0 Å². The van der Waals surface area contributed by atoms with Crippen LogP contribution in [0.4, 0.5) is 5.82 Å². The summed E-state index contributed by atoms with van der Waals surface area (Å²) in [6.07, 6.45) is 4.11. The summed E-state index contributed by atoms with van der Waals surface area (Å²) < 4.78 is 4.75. The van der Waals surface area contributed by atoms with Crippen molar-refractivity contribution in [3.8, 4) is 0 Å². The molecule has 3 rings (SSSR count). The molecule has 0 radical (unpaired) electrons. The Morgan fingerprint density at radius 1 is 1.32 bits per heavy atom. The summed E-state index contributed by atoms with van der Waals surface area (Å²) >= 11 is 0. The molecule has 2 fully saturated rings. The second-order valence-electron chi connectivity index (χ2n) is 5.65. The number of aryl methyl sites for hydroxylation is 1. The fourth-order valence-corrected chi connectivity index (χ4v) is 3.47. The van der Waals surface area contributed by atoms with E-state index in [-0.39, 0.29) is 5.97 Å². The van der Waals surface area contributed by atoms with E-state index in [1.807, 2.05) is 19.1 Å². The molecule has 2 unspecified atom stereocenters. The Balaban J connectivity index is 1.79. The van der Waals surface area contributed by atoms with Crippen molar-refractivity contribution in [2.75, 3.05) is 25.1 Å². The maximum atomic E-state index is 11.6. The van der Waals surface area contributed by atoms with Crippen molar-refractivity contribution in [2.45, 2.75) is 26.2 Å². The first-order valence-corrected chi connectivity index (χ1v) is 7.00. The normalized spacial score (nSPS) is 25.5. The molecule has 1 saturated carbocycles. The zero-order chi connectivity index (χ0) is 13.4. The van der Waals surface area contributed by atoms with Crippen LogP contribution >= 0.6 is 0 Å². The van der Waals surface area contributed by atoms with Gasteiger partial charge in [0.25, 0.3) is 0 Å². The highest BCUT2D eigenvalue weighted by molar-refractivity contribution is 5.90. The number of esters is 1. The molecule has 0 amide bonds. The van der Waals surface area contributed by atoms with Gasteiger partial charge in [-0.3, -0.25) is 0 Å². The number of hydrogen-bond donors (Lipinski definition) is 0. The van der Waals surface area contributed by atoms with E-state index in [1.54, 1.807) is 0 Å². The number of rotatable bonds is 2. The second-order valence-corrected chi connectivity index (χ2v) is 5.65. The van der Waals surface area contributed by atoms with E-state index in [9.17, 15) is 4.79 Å². The summed E-state index contributed by atoms with van der Waals surface area (Å²) in [5.74, 6) is 2.39. The van der Waals surface area contributed by atoms with E-state index in [0.29, 0.717) is 5.56 Å². The topological polar surface area (TPSA) is 42.4 Å². The van der Waals surface area contributed by atoms with Gasteiger partial charge in [-0.05, 0) is 43.7 Å². The largest absolute Gasteiger partial charge is 0.465 e. The molecule has 1 aliphatic carbocycles. The Labute approximate surface area is 113 Å². The van der Waals surface area contributed by atoms with Crippen molar-refractivity contribution >= 4 is 11.8 Å². The number of ether oxygens (including phenoxy) is 1. The quantitative estimate of drug-likeness (QED) is 0.766. The summed E-state index contributed by atoms with van der Waals surface area (Å²) in [5, 5.41) is 0. The summed E-state index contributed by atoms with van der Waals surface area (Å²) in [6.45, 7) is 4.11. The number of fused-ring (bicyclic) bond motifs is 1. The van der Waals surface area contributed by atoms with Crippen molar-refractivity contribution in [3.63, 3.8) is 0 Å². The Morgan fingerprint density at radius 3 is 2.58 bits per heavy atom. The van der Waals surface area contributed by atoms with E-state index in [2.05, 4.69) is 9.88 Å². The molecular weight excluding hydrogens is 240 g/mol. The Bertz CT molecular complexity index is 489. The van der Waals surface area contributed by atoms with Crippen LogP contribution in [0.2, 0.25) is 0 Å². The molecular formula is C15H20N2O2. The second kappa shape index (κ2) is 4.83. The van der Waals surface area contributed by atoms with E-state index in [0.717, 1.165) is 36.4 Å². The van der Waals surface area contributed by atoms with Gasteiger partial charge in [-0.2, -0.15) is 0 Å². The maximum Gasteiger partial charge on any atom is 0.339 e. The van der Waals surface area contributed by atoms with E-state index in [4.69, 9.17) is 4.74 Å². The van der Waals surface area contributed by atoms with Crippen LogP contribution in [-0.2, 0) is 4.74 Å². The van der Waals surface area contributed by atoms with Crippen molar-refractivity contribution in [3.05, 3.63) is 23.4 Å². The molecule has 102 valence electrons. The summed E-state index contributed by atoms with van der Waals surface area (Å²) in [4.78, 5) is 18.5. The van der Waals surface area contributed by atoms with Gasteiger partial charge in [-0.15, -0.1) is 0 Å². The van der Waals surface area contributed by atoms with Crippen LogP contribution < -0.4 is 4.90 Å². The third-order valence-corrected chi connectivity index (χ3v) is 4.53. The van der Waals surface area contributed by atoms with Gasteiger partial charge in [-0.1, -0.05) is 6.42 Å². The molecule has 0 aromatic carbocycles. The van der Waals surface area contributed by atoms with Crippen LogP contribution in [0.15, 0.2) is 12.1 Å². The summed E-state index contributed by atoms with van der Waals surface area (Å²) in [5.41, 5.74) is 1.31. The van der Waals surface area contributed by atoms with Gasteiger partial charge in [0.1, 0.15) is 5.82 Å². The number of carbonyl (C=O) groups is 1. The van der Waals surface area contributed by atoms with Crippen LogP contribution in [-0.4, -0.2) is 31.2 Å². The van der Waals surface area contributed by atoms with Crippen LogP contribution in [0.1, 0.15) is 35.3 Å². The molecule has 2 atom stereocenters. The zero-order valence-electron chi connectivity index (χ0n) is 11.6. The molecule has 1 aliphatic heterocycles. The standard InChI is InChI=1S/C15H20N2O2/c1-10-13(15(18)19-2)6-7-14(16-10)17-8-11-4-3-5-12(11)9-17/h6-7,11-12H,3-5,8-9H2,1-2H3. The van der Waals surface area contributed by atoms with Gasteiger partial charge >= 0.3 is 5.97 Å². The molecule has 4 heteroatoms. The highest BCUT2D eigenvalue weighted by atomic mass is 16.5. The first kappa shape index (κ1) is 12.5. The lowest BCUT2D eigenvalue weighted by Crippen LogP contribution is -2.22. The third kappa shape index (κ3) is 2.20. The van der Waals surface area contributed by atoms with Gasteiger partial charge in [0.2, 0.25) is 0 Å². The molecule has 1 saturated heterocycles. The Morgan fingerprint density at radius 2 is 2.00 bits per heavy atom. The minimum Gasteiger partial charge on any atom is -0.465 e. The minimum atomic E-state index is -0.310. The van der Waals surface area contributed by atoms with E-state index < -0.39 is 0 Å². The van der Waals surface area contributed by atoms with Gasteiger partial charge < -0.3 is 9.64 Å². The monoisotopic (exact) mass is 260 g/mol. The average Bonchev–Trinajstić information content (AvgIpc) is 2.98. The number of hydrogen-bond acceptors (Lipinski definition) is 4. The van der Waals surface area contributed by atoms with Crippen LogP contribution in [0, 0.1) is 18.8 Å². The molecule has 19 heavy (non-hydrogen) atoms. The maximum absolute atomic E-state index is 11.6. The van der Waals surface area contributed by atoms with Crippen molar-refractivity contribution in [2.24, 2.45) is 11.8 Å². The predicted molar refractivity (Wildman–Crippen MR) is 73.4 cm³/mol. The number of aromatic nitrogens is 1. The SMILES string of the molecule is COC(=O)c1ccc(N2CC3CCCC3C2)nc1C. The fraction of sp³-hybridized carbons (Fsp3) is 0.600. The first-order valence-electron chi connectivity index (χ1n) is 7.00. The number of pyridine rings is 1. The number of methoxy groups -OCH3 is 1. The Kier molecular flexibility index (Phi) is 3.17. The van der Waals surface area contributed by atoms with Crippen LogP contribution in [0.5, 0.6) is 0 Å². The average molecular weight is 260 g/mol. The molecule has 0 bridgehead atoms. The highest BCUT2D eigenvalue weighted by Gasteiger charge is 2.36. The van der Waals surface area contributed by atoms with Crippen molar-refractivity contribution < 1.29 is 9.53 Å². The third-order valence-electron chi connectivity index (χ3n) is 4.53. The number of anilines is 1. The van der Waals surface area contributed by atoms with E-state index in [1.165, 1.54) is 26.4 Å².